The smallest absolute Gasteiger partial charge is 0.410 e. The quantitative estimate of drug-likeness (QED) is 0.0852. The summed E-state index contributed by atoms with van der Waals surface area (Å²) in [6.45, 7) is 4.49. The van der Waals surface area contributed by atoms with Gasteiger partial charge in [-0.05, 0) is 73.2 Å². The Morgan fingerprint density at radius 3 is 1.10 bits per heavy atom. The highest BCUT2D eigenvalue weighted by atomic mass is 16.6. The molecule has 6 nitrogen and oxygen atoms in total. The van der Waals surface area contributed by atoms with Gasteiger partial charge in [0, 0.05) is 11.4 Å². The van der Waals surface area contributed by atoms with E-state index in [9.17, 15) is 9.59 Å². The summed E-state index contributed by atoms with van der Waals surface area (Å²) in [6, 6.07) is 34.3. The minimum atomic E-state index is -0.446. The first-order chi connectivity index (χ1) is 25.1. The molecule has 0 heterocycles. The van der Waals surface area contributed by atoms with Gasteiger partial charge in [-0.1, -0.05) is 170 Å². The van der Waals surface area contributed by atoms with Gasteiger partial charge in [0.15, 0.2) is 0 Å². The van der Waals surface area contributed by atoms with Crippen molar-refractivity contribution in [1.82, 2.24) is 0 Å². The van der Waals surface area contributed by atoms with Gasteiger partial charge in [-0.15, -0.1) is 0 Å². The van der Waals surface area contributed by atoms with Crippen LogP contribution in [0.5, 0.6) is 11.5 Å². The van der Waals surface area contributed by atoms with Crippen molar-refractivity contribution in [3.8, 4) is 11.5 Å². The lowest BCUT2D eigenvalue weighted by Crippen LogP contribution is -2.17. The number of amides is 2. The van der Waals surface area contributed by atoms with Crippen LogP contribution in [-0.2, 0) is 12.8 Å². The summed E-state index contributed by atoms with van der Waals surface area (Å²) in [7, 11) is 0. The molecule has 51 heavy (non-hydrogen) atoms. The minimum Gasteiger partial charge on any atom is -0.410 e. The van der Waals surface area contributed by atoms with E-state index in [4.69, 9.17) is 9.47 Å². The number of ether oxygens (including phenoxy) is 2. The third kappa shape index (κ3) is 18.3. The summed E-state index contributed by atoms with van der Waals surface area (Å²) >= 11 is 0. The topological polar surface area (TPSA) is 76.7 Å². The Morgan fingerprint density at radius 1 is 0.412 bits per heavy atom. The first kappa shape index (κ1) is 40.8. The van der Waals surface area contributed by atoms with Crippen molar-refractivity contribution in [2.24, 2.45) is 0 Å². The number of aryl methyl sites for hydroxylation is 2. The van der Waals surface area contributed by atoms with Crippen molar-refractivity contribution < 1.29 is 19.1 Å². The molecule has 0 aliphatic heterocycles. The van der Waals surface area contributed by atoms with E-state index >= 15 is 0 Å². The second-order valence-corrected chi connectivity index (χ2v) is 13.1. The van der Waals surface area contributed by atoms with Gasteiger partial charge in [0.05, 0.1) is 0 Å². The van der Waals surface area contributed by atoms with Crippen molar-refractivity contribution in [3.63, 3.8) is 0 Å². The Morgan fingerprint density at radius 2 is 0.725 bits per heavy atom. The van der Waals surface area contributed by atoms with Crippen LogP contribution in [0, 0.1) is 0 Å². The van der Waals surface area contributed by atoms with E-state index in [-0.39, 0.29) is 0 Å². The summed E-state index contributed by atoms with van der Waals surface area (Å²) in [5.74, 6) is 1.31. The number of carbonyl (C=O) groups excluding carboxylic acids is 2. The molecule has 274 valence electrons. The molecule has 0 aliphatic rings. The molecule has 4 aromatic carbocycles. The fraction of sp³-hybridized carbons (Fsp3) is 0.422. The van der Waals surface area contributed by atoms with Gasteiger partial charge >= 0.3 is 12.2 Å². The second kappa shape index (κ2) is 26.3. The predicted molar refractivity (Wildman–Crippen MR) is 213 cm³/mol. The van der Waals surface area contributed by atoms with Crippen LogP contribution in [0.2, 0.25) is 0 Å². The minimum absolute atomic E-state index is 0.445. The molecular formula is C45H60N2O4. The number of nitrogens with one attached hydrogen (secondary N) is 2. The molecule has 0 saturated heterocycles. The molecular weight excluding hydrogens is 633 g/mol. The fourth-order valence-electron chi connectivity index (χ4n) is 5.87. The number of benzene rings is 4. The van der Waals surface area contributed by atoms with E-state index < -0.39 is 12.2 Å². The van der Waals surface area contributed by atoms with Gasteiger partial charge in [0.25, 0.3) is 0 Å². The van der Waals surface area contributed by atoms with Gasteiger partial charge in [-0.3, -0.25) is 10.6 Å². The van der Waals surface area contributed by atoms with Crippen molar-refractivity contribution in [3.05, 3.63) is 120 Å². The van der Waals surface area contributed by atoms with E-state index in [0.29, 0.717) is 11.5 Å². The summed E-state index contributed by atoms with van der Waals surface area (Å²) in [6.07, 6.45) is 20.3. The van der Waals surface area contributed by atoms with Gasteiger partial charge in [-0.25, -0.2) is 9.59 Å². The van der Waals surface area contributed by atoms with E-state index in [2.05, 4.69) is 24.5 Å². The van der Waals surface area contributed by atoms with Crippen LogP contribution in [0.15, 0.2) is 109 Å². The van der Waals surface area contributed by atoms with Crippen LogP contribution in [0.3, 0.4) is 0 Å². The molecule has 6 heteroatoms. The Bertz CT molecular complexity index is 1490. The lowest BCUT2D eigenvalue weighted by atomic mass is 10.0. The first-order valence-electron chi connectivity index (χ1n) is 19.3. The number of hydrogen-bond acceptors (Lipinski definition) is 4. The summed E-state index contributed by atoms with van der Waals surface area (Å²) in [5, 5.41) is 5.51. The molecule has 0 saturated carbocycles. The Balaban J connectivity index is 0.000000276. The van der Waals surface area contributed by atoms with Gasteiger partial charge < -0.3 is 9.47 Å². The number of unbranched alkanes of at least 4 members (excludes halogenated alkanes) is 13. The normalized spacial score (nSPS) is 10.5. The lowest BCUT2D eigenvalue weighted by molar-refractivity contribution is 0.213. The van der Waals surface area contributed by atoms with E-state index in [0.717, 1.165) is 48.2 Å². The first-order valence-corrected chi connectivity index (χ1v) is 19.3. The maximum Gasteiger partial charge on any atom is 0.417 e. The van der Waals surface area contributed by atoms with E-state index in [1.807, 2.05) is 109 Å². The molecule has 2 amide bonds. The number of para-hydroxylation sites is 4. The van der Waals surface area contributed by atoms with Crippen molar-refractivity contribution in [1.29, 1.82) is 0 Å². The van der Waals surface area contributed by atoms with E-state index in [1.165, 1.54) is 83.5 Å². The highest BCUT2D eigenvalue weighted by Gasteiger charge is 2.10. The molecule has 0 spiro atoms. The van der Waals surface area contributed by atoms with Crippen LogP contribution in [0.4, 0.5) is 21.0 Å². The van der Waals surface area contributed by atoms with Gasteiger partial charge in [0.1, 0.15) is 11.5 Å². The molecule has 0 atom stereocenters. The maximum atomic E-state index is 12.1. The summed E-state index contributed by atoms with van der Waals surface area (Å²) in [4.78, 5) is 24.2. The summed E-state index contributed by atoms with van der Waals surface area (Å²) in [5.41, 5.74) is 3.66. The Kier molecular flexibility index (Phi) is 21.0. The van der Waals surface area contributed by atoms with Crippen LogP contribution < -0.4 is 20.1 Å². The molecule has 0 radical (unpaired) electrons. The zero-order valence-electron chi connectivity index (χ0n) is 31.0. The Hall–Kier alpha value is -4.58. The highest BCUT2D eigenvalue weighted by molar-refractivity contribution is 5.87. The molecule has 0 unspecified atom stereocenters. The standard InChI is InChI=1S/C23H31NO2.C22H29NO2/c1-2-3-4-5-6-7-8-10-15-20-16-13-14-19-22(20)26-23(25)24-21-17-11-9-12-18-21;1-2-3-4-5-6-7-9-14-19-15-12-13-18-21(19)25-22(24)23-20-16-10-8-11-17-20/h9,11-14,16-19H,2-8,10,15H2,1H3,(H,24,25);8,10-13,15-18H,2-7,9,14H2,1H3,(H,23,24). The number of carbonyl (C=O) groups is 2. The average molecular weight is 693 g/mol. The van der Waals surface area contributed by atoms with Crippen LogP contribution >= 0.6 is 0 Å². The third-order valence-corrected chi connectivity index (χ3v) is 8.74. The molecule has 0 aliphatic carbocycles. The Labute approximate surface area is 307 Å². The molecule has 0 aromatic heterocycles. The average Bonchev–Trinajstić information content (AvgIpc) is 3.14. The summed E-state index contributed by atoms with van der Waals surface area (Å²) < 4.78 is 11.0. The fourth-order valence-corrected chi connectivity index (χ4v) is 5.87. The number of rotatable bonds is 21. The van der Waals surface area contributed by atoms with Crippen molar-refractivity contribution in [2.45, 2.75) is 123 Å². The zero-order valence-corrected chi connectivity index (χ0v) is 31.0. The highest BCUT2D eigenvalue weighted by Crippen LogP contribution is 2.23. The van der Waals surface area contributed by atoms with Crippen molar-refractivity contribution >= 4 is 23.6 Å². The zero-order chi connectivity index (χ0) is 36.2. The second-order valence-electron chi connectivity index (χ2n) is 13.1. The van der Waals surface area contributed by atoms with Crippen LogP contribution in [-0.4, -0.2) is 12.2 Å². The van der Waals surface area contributed by atoms with E-state index in [1.54, 1.807) is 0 Å². The van der Waals surface area contributed by atoms with Crippen LogP contribution in [0.25, 0.3) is 0 Å². The SMILES string of the molecule is CCCCCCCCCCc1ccccc1OC(=O)Nc1ccccc1.CCCCCCCCCc1ccccc1OC(=O)Nc1ccccc1. The molecule has 0 bridgehead atoms. The van der Waals surface area contributed by atoms with Crippen LogP contribution in [0.1, 0.15) is 121 Å². The van der Waals surface area contributed by atoms with Gasteiger partial charge in [0.2, 0.25) is 0 Å². The molecule has 0 fully saturated rings. The number of anilines is 2. The van der Waals surface area contributed by atoms with Crippen molar-refractivity contribution in [2.75, 3.05) is 10.6 Å². The largest absolute Gasteiger partial charge is 0.417 e. The monoisotopic (exact) mass is 692 g/mol. The number of hydrogen-bond donors (Lipinski definition) is 2. The maximum absolute atomic E-state index is 12.1. The lowest BCUT2D eigenvalue weighted by Gasteiger charge is -2.11. The molecule has 4 aromatic rings. The third-order valence-electron chi connectivity index (χ3n) is 8.74. The molecule has 2 N–H and O–H groups in total. The van der Waals surface area contributed by atoms with Gasteiger partial charge in [-0.2, -0.15) is 0 Å². The molecule has 4 rings (SSSR count). The predicted octanol–water partition coefficient (Wildman–Crippen LogP) is 13.6.